The number of aryl methyl sites for hydroxylation is 2. The molecule has 0 atom stereocenters. The minimum atomic E-state index is -0.201. The van der Waals surface area contributed by atoms with Gasteiger partial charge in [-0.3, -0.25) is 13.9 Å². The summed E-state index contributed by atoms with van der Waals surface area (Å²) in [6, 6.07) is 7.61. The zero-order valence-corrected chi connectivity index (χ0v) is 16.2. The molecule has 148 valence electrons. The molecular weight excluding hydrogens is 356 g/mol. The second-order valence-electron chi connectivity index (χ2n) is 7.28. The lowest BCUT2D eigenvalue weighted by Crippen LogP contribution is -2.33. The van der Waals surface area contributed by atoms with Gasteiger partial charge in [0.1, 0.15) is 12.4 Å². The van der Waals surface area contributed by atoms with Crippen molar-refractivity contribution >= 4 is 16.9 Å². The van der Waals surface area contributed by atoms with Crippen LogP contribution in [0.4, 0.5) is 0 Å². The Hall–Kier alpha value is -2.90. The van der Waals surface area contributed by atoms with Gasteiger partial charge in [0, 0.05) is 19.5 Å². The number of aromatic nitrogens is 5. The average molecular weight is 382 g/mol. The smallest absolute Gasteiger partial charge is 0.329 e. The van der Waals surface area contributed by atoms with E-state index in [2.05, 4.69) is 20.1 Å². The van der Waals surface area contributed by atoms with E-state index in [1.165, 1.54) is 6.42 Å². The third kappa shape index (κ3) is 3.46. The van der Waals surface area contributed by atoms with Gasteiger partial charge in [-0.25, -0.2) is 4.79 Å². The van der Waals surface area contributed by atoms with Crippen molar-refractivity contribution in [3.05, 3.63) is 46.4 Å². The quantitative estimate of drug-likeness (QED) is 0.705. The molecule has 28 heavy (non-hydrogen) atoms. The standard InChI is InChI=1S/C20H26N6O2/c1-2-11-24-15-8-5-6-9-16(15)26(20(24)28)14-19(27)21-13-18-23-22-17-10-4-3-7-12-25(17)18/h5-6,8-9H,2-4,7,10-14H2,1H3,(H,21,27). The molecule has 2 aromatic heterocycles. The van der Waals surface area contributed by atoms with Crippen molar-refractivity contribution in [2.24, 2.45) is 0 Å². The molecule has 1 aliphatic heterocycles. The molecule has 0 saturated heterocycles. The van der Waals surface area contributed by atoms with E-state index in [-0.39, 0.29) is 18.1 Å². The van der Waals surface area contributed by atoms with Gasteiger partial charge in [-0.2, -0.15) is 0 Å². The maximum Gasteiger partial charge on any atom is 0.329 e. The van der Waals surface area contributed by atoms with Crippen molar-refractivity contribution in [1.82, 2.24) is 29.2 Å². The molecule has 0 saturated carbocycles. The van der Waals surface area contributed by atoms with Crippen molar-refractivity contribution in [2.75, 3.05) is 0 Å². The number of fused-ring (bicyclic) bond motifs is 2. The van der Waals surface area contributed by atoms with Crippen LogP contribution < -0.4 is 11.0 Å². The Kier molecular flexibility index (Phi) is 5.27. The Morgan fingerprint density at radius 2 is 1.89 bits per heavy atom. The molecule has 1 N–H and O–H groups in total. The molecule has 8 nitrogen and oxygen atoms in total. The van der Waals surface area contributed by atoms with Crippen LogP contribution in [0.1, 0.15) is 44.3 Å². The fourth-order valence-electron chi connectivity index (χ4n) is 3.92. The van der Waals surface area contributed by atoms with Gasteiger partial charge < -0.3 is 9.88 Å². The highest BCUT2D eigenvalue weighted by atomic mass is 16.2. The van der Waals surface area contributed by atoms with Crippen LogP contribution in [-0.4, -0.2) is 29.8 Å². The van der Waals surface area contributed by atoms with Crippen molar-refractivity contribution in [3.63, 3.8) is 0 Å². The minimum absolute atomic E-state index is 0.00292. The van der Waals surface area contributed by atoms with E-state index in [4.69, 9.17) is 0 Å². The number of nitrogens with one attached hydrogen (secondary N) is 1. The number of carbonyl (C=O) groups is 1. The Bertz CT molecular complexity index is 1040. The second-order valence-corrected chi connectivity index (χ2v) is 7.28. The first-order chi connectivity index (χ1) is 13.7. The molecule has 1 aromatic carbocycles. The SMILES string of the molecule is CCCn1c(=O)n(CC(=O)NCc2nnc3n2CCCCC3)c2ccccc21. The molecule has 3 heterocycles. The molecular formula is C20H26N6O2. The van der Waals surface area contributed by atoms with Gasteiger partial charge in [0.15, 0.2) is 5.82 Å². The Balaban J connectivity index is 1.50. The summed E-state index contributed by atoms with van der Waals surface area (Å²) < 4.78 is 5.40. The molecule has 0 fully saturated rings. The van der Waals surface area contributed by atoms with Crippen molar-refractivity contribution < 1.29 is 4.79 Å². The Morgan fingerprint density at radius 1 is 1.11 bits per heavy atom. The molecule has 1 aliphatic rings. The summed E-state index contributed by atoms with van der Waals surface area (Å²) in [4.78, 5) is 25.4. The highest BCUT2D eigenvalue weighted by molar-refractivity contribution is 5.80. The first-order valence-corrected chi connectivity index (χ1v) is 10.0. The van der Waals surface area contributed by atoms with E-state index in [0.29, 0.717) is 13.1 Å². The van der Waals surface area contributed by atoms with E-state index >= 15 is 0 Å². The lowest BCUT2D eigenvalue weighted by Gasteiger charge is -2.09. The zero-order valence-electron chi connectivity index (χ0n) is 16.2. The van der Waals surface area contributed by atoms with Gasteiger partial charge in [-0.1, -0.05) is 25.5 Å². The summed E-state index contributed by atoms with van der Waals surface area (Å²) in [5.74, 6) is 1.58. The molecule has 0 radical (unpaired) electrons. The molecule has 0 aliphatic carbocycles. The first kappa shape index (κ1) is 18.5. The Labute approximate surface area is 163 Å². The molecule has 0 spiro atoms. The second kappa shape index (κ2) is 8.00. The van der Waals surface area contributed by atoms with Gasteiger partial charge >= 0.3 is 5.69 Å². The number of nitrogens with zero attached hydrogens (tertiary/aromatic N) is 5. The number of amides is 1. The summed E-state index contributed by atoms with van der Waals surface area (Å²) >= 11 is 0. The first-order valence-electron chi connectivity index (χ1n) is 10.0. The van der Waals surface area contributed by atoms with Crippen molar-refractivity contribution in [1.29, 1.82) is 0 Å². The summed E-state index contributed by atoms with van der Waals surface area (Å²) in [6.07, 6.45) is 5.23. The maximum atomic E-state index is 12.8. The van der Waals surface area contributed by atoms with Crippen LogP contribution in [0, 0.1) is 0 Å². The molecule has 4 rings (SSSR count). The molecule has 3 aromatic rings. The number of rotatable bonds is 6. The van der Waals surface area contributed by atoms with Gasteiger partial charge in [0.2, 0.25) is 5.91 Å². The van der Waals surface area contributed by atoms with Crippen molar-refractivity contribution in [3.8, 4) is 0 Å². The van der Waals surface area contributed by atoms with Crippen LogP contribution in [0.25, 0.3) is 11.0 Å². The van der Waals surface area contributed by atoms with Gasteiger partial charge in [-0.05, 0) is 31.4 Å². The summed E-state index contributed by atoms with van der Waals surface area (Å²) in [5, 5.41) is 11.4. The average Bonchev–Trinajstić information content (AvgIpc) is 3.09. The van der Waals surface area contributed by atoms with Crippen LogP contribution >= 0.6 is 0 Å². The van der Waals surface area contributed by atoms with Gasteiger partial charge in [0.05, 0.1) is 17.6 Å². The predicted octanol–water partition coefficient (Wildman–Crippen LogP) is 1.85. The largest absolute Gasteiger partial charge is 0.347 e. The highest BCUT2D eigenvalue weighted by Gasteiger charge is 2.17. The van der Waals surface area contributed by atoms with Crippen LogP contribution in [0.5, 0.6) is 0 Å². The Morgan fingerprint density at radius 3 is 2.68 bits per heavy atom. The van der Waals surface area contributed by atoms with Crippen LogP contribution in [0.2, 0.25) is 0 Å². The summed E-state index contributed by atoms with van der Waals surface area (Å²) in [7, 11) is 0. The van der Waals surface area contributed by atoms with E-state index in [1.54, 1.807) is 9.13 Å². The molecule has 1 amide bonds. The number of hydrogen-bond donors (Lipinski definition) is 1. The van der Waals surface area contributed by atoms with Crippen LogP contribution in [-0.2, 0) is 37.4 Å². The fourth-order valence-corrected chi connectivity index (χ4v) is 3.92. The fraction of sp³-hybridized carbons (Fsp3) is 0.500. The zero-order chi connectivity index (χ0) is 19.5. The summed E-state index contributed by atoms with van der Waals surface area (Å²) in [5.41, 5.74) is 1.51. The maximum absolute atomic E-state index is 12.8. The molecule has 0 bridgehead atoms. The topological polar surface area (TPSA) is 86.7 Å². The number of benzene rings is 1. The third-order valence-corrected chi connectivity index (χ3v) is 5.30. The van der Waals surface area contributed by atoms with E-state index < -0.39 is 0 Å². The normalized spacial score (nSPS) is 14.0. The number of imidazole rings is 1. The molecule has 0 unspecified atom stereocenters. The van der Waals surface area contributed by atoms with E-state index in [9.17, 15) is 9.59 Å². The van der Waals surface area contributed by atoms with Crippen LogP contribution in [0.15, 0.2) is 29.1 Å². The summed E-state index contributed by atoms with van der Waals surface area (Å²) in [6.45, 7) is 3.90. The predicted molar refractivity (Wildman–Crippen MR) is 106 cm³/mol. The van der Waals surface area contributed by atoms with E-state index in [0.717, 1.165) is 54.9 Å². The van der Waals surface area contributed by atoms with Gasteiger partial charge in [0.25, 0.3) is 0 Å². The number of carbonyl (C=O) groups excluding carboxylic acids is 1. The van der Waals surface area contributed by atoms with E-state index in [1.807, 2.05) is 31.2 Å². The van der Waals surface area contributed by atoms with Crippen molar-refractivity contribution in [2.45, 2.75) is 65.2 Å². The van der Waals surface area contributed by atoms with Gasteiger partial charge in [-0.15, -0.1) is 10.2 Å². The highest BCUT2D eigenvalue weighted by Crippen LogP contribution is 2.15. The molecule has 8 heteroatoms. The number of para-hydroxylation sites is 2. The monoisotopic (exact) mass is 382 g/mol. The minimum Gasteiger partial charge on any atom is -0.347 e. The lowest BCUT2D eigenvalue weighted by atomic mass is 10.2. The number of hydrogen-bond acceptors (Lipinski definition) is 4. The van der Waals surface area contributed by atoms with Crippen LogP contribution in [0.3, 0.4) is 0 Å². The third-order valence-electron chi connectivity index (χ3n) is 5.30. The lowest BCUT2D eigenvalue weighted by molar-refractivity contribution is -0.121.